The first-order valence-electron chi connectivity index (χ1n) is 7.72. The fraction of sp³-hybridized carbons (Fsp3) is 0.294. The Morgan fingerprint density at radius 3 is 2.92 bits per heavy atom. The number of aromatic nitrogens is 1. The standard InChI is InChI=1S/C17H18ClN3O3/c18-14-9-12(10-15-16(14)24-8-7-23-15)4-6-20-17(22)21-11-13-3-1-2-5-19-13/h1-3,5,9-10H,4,6-8,11H2,(H2,20,21,22). The van der Waals surface area contributed by atoms with Gasteiger partial charge >= 0.3 is 6.03 Å². The van der Waals surface area contributed by atoms with Gasteiger partial charge in [0.05, 0.1) is 17.3 Å². The predicted molar refractivity (Wildman–Crippen MR) is 90.6 cm³/mol. The first kappa shape index (κ1) is 16.4. The van der Waals surface area contributed by atoms with Crippen LogP contribution in [0.5, 0.6) is 11.5 Å². The van der Waals surface area contributed by atoms with Gasteiger partial charge in [-0.1, -0.05) is 17.7 Å². The van der Waals surface area contributed by atoms with Crippen molar-refractivity contribution in [3.63, 3.8) is 0 Å². The molecule has 1 aromatic heterocycles. The molecule has 1 aliphatic heterocycles. The van der Waals surface area contributed by atoms with Gasteiger partial charge in [-0.3, -0.25) is 4.98 Å². The number of carbonyl (C=O) groups is 1. The number of fused-ring (bicyclic) bond motifs is 1. The molecule has 126 valence electrons. The lowest BCUT2D eigenvalue weighted by atomic mass is 10.1. The number of halogens is 1. The molecule has 1 aromatic carbocycles. The van der Waals surface area contributed by atoms with E-state index in [9.17, 15) is 4.79 Å². The van der Waals surface area contributed by atoms with E-state index < -0.39 is 0 Å². The number of carbonyl (C=O) groups excluding carboxylic acids is 1. The van der Waals surface area contributed by atoms with Crippen molar-refractivity contribution in [2.75, 3.05) is 19.8 Å². The minimum Gasteiger partial charge on any atom is -0.486 e. The fourth-order valence-corrected chi connectivity index (χ4v) is 2.65. The molecule has 24 heavy (non-hydrogen) atoms. The molecule has 0 bridgehead atoms. The van der Waals surface area contributed by atoms with Crippen molar-refractivity contribution < 1.29 is 14.3 Å². The third kappa shape index (κ3) is 4.29. The normalized spacial score (nSPS) is 12.5. The van der Waals surface area contributed by atoms with E-state index in [1.807, 2.05) is 30.3 Å². The Labute approximate surface area is 145 Å². The summed E-state index contributed by atoms with van der Waals surface area (Å²) in [4.78, 5) is 15.9. The summed E-state index contributed by atoms with van der Waals surface area (Å²) < 4.78 is 11.0. The zero-order chi connectivity index (χ0) is 16.8. The van der Waals surface area contributed by atoms with Crippen molar-refractivity contribution >= 4 is 17.6 Å². The predicted octanol–water partition coefficient (Wildman–Crippen LogP) is 2.55. The summed E-state index contributed by atoms with van der Waals surface area (Å²) in [6.07, 6.45) is 2.34. The lowest BCUT2D eigenvalue weighted by Crippen LogP contribution is -2.36. The van der Waals surface area contributed by atoms with Gasteiger partial charge < -0.3 is 20.1 Å². The molecule has 0 spiro atoms. The summed E-state index contributed by atoms with van der Waals surface area (Å²) in [7, 11) is 0. The number of ether oxygens (including phenoxy) is 2. The average molecular weight is 348 g/mol. The second-order valence-corrected chi connectivity index (χ2v) is 5.69. The first-order chi connectivity index (χ1) is 11.7. The van der Waals surface area contributed by atoms with Crippen LogP contribution in [0, 0.1) is 0 Å². The summed E-state index contributed by atoms with van der Waals surface area (Å²) in [6.45, 7) is 1.90. The molecule has 2 amide bonds. The zero-order valence-corrected chi connectivity index (χ0v) is 13.8. The van der Waals surface area contributed by atoms with Gasteiger partial charge in [-0.15, -0.1) is 0 Å². The van der Waals surface area contributed by atoms with Crippen LogP contribution in [0.2, 0.25) is 5.02 Å². The maximum Gasteiger partial charge on any atom is 0.315 e. The summed E-state index contributed by atoms with van der Waals surface area (Å²) in [5, 5.41) is 6.10. The van der Waals surface area contributed by atoms with E-state index in [1.54, 1.807) is 6.20 Å². The van der Waals surface area contributed by atoms with Gasteiger partial charge in [0, 0.05) is 12.7 Å². The third-order valence-electron chi connectivity index (χ3n) is 3.51. The Bertz CT molecular complexity index is 710. The monoisotopic (exact) mass is 347 g/mol. The number of pyridine rings is 1. The molecule has 0 saturated heterocycles. The van der Waals surface area contributed by atoms with E-state index in [2.05, 4.69) is 15.6 Å². The summed E-state index contributed by atoms with van der Waals surface area (Å²) in [6, 6.07) is 9.08. The number of nitrogens with one attached hydrogen (secondary N) is 2. The average Bonchev–Trinajstić information content (AvgIpc) is 2.61. The molecule has 1 aliphatic rings. The van der Waals surface area contributed by atoms with Gasteiger partial charge in [-0.2, -0.15) is 0 Å². The highest BCUT2D eigenvalue weighted by Crippen LogP contribution is 2.38. The number of amides is 2. The van der Waals surface area contributed by atoms with E-state index in [0.717, 1.165) is 11.3 Å². The lowest BCUT2D eigenvalue weighted by Gasteiger charge is -2.20. The molecule has 3 rings (SSSR count). The largest absolute Gasteiger partial charge is 0.486 e. The minimum absolute atomic E-state index is 0.232. The van der Waals surface area contributed by atoms with Crippen LogP contribution in [0.1, 0.15) is 11.3 Å². The first-order valence-corrected chi connectivity index (χ1v) is 8.10. The van der Waals surface area contributed by atoms with Crippen LogP contribution in [0.4, 0.5) is 4.79 Å². The molecule has 6 nitrogen and oxygen atoms in total. The second kappa shape index (κ2) is 7.88. The number of hydrogen-bond donors (Lipinski definition) is 2. The number of urea groups is 1. The molecule has 0 saturated carbocycles. The lowest BCUT2D eigenvalue weighted by molar-refractivity contribution is 0.171. The Morgan fingerprint density at radius 2 is 2.08 bits per heavy atom. The minimum atomic E-state index is -0.232. The van der Waals surface area contributed by atoms with Gasteiger partial charge in [0.15, 0.2) is 11.5 Å². The highest BCUT2D eigenvalue weighted by atomic mass is 35.5. The molecule has 0 fully saturated rings. The molecule has 2 N–H and O–H groups in total. The maximum absolute atomic E-state index is 11.8. The van der Waals surface area contributed by atoms with Crippen LogP contribution in [0.15, 0.2) is 36.5 Å². The summed E-state index contributed by atoms with van der Waals surface area (Å²) in [5.74, 6) is 1.25. The molecule has 0 aliphatic carbocycles. The van der Waals surface area contributed by atoms with E-state index in [0.29, 0.717) is 49.2 Å². The SMILES string of the molecule is O=C(NCCc1cc(Cl)c2c(c1)OCCO2)NCc1ccccn1. The molecule has 7 heteroatoms. The highest BCUT2D eigenvalue weighted by molar-refractivity contribution is 6.32. The van der Waals surface area contributed by atoms with Gasteiger partial charge in [0.2, 0.25) is 0 Å². The van der Waals surface area contributed by atoms with E-state index in [1.165, 1.54) is 0 Å². The Kier molecular flexibility index (Phi) is 5.38. The molecular weight excluding hydrogens is 330 g/mol. The number of hydrogen-bond acceptors (Lipinski definition) is 4. The number of rotatable bonds is 5. The van der Waals surface area contributed by atoms with Crippen molar-refractivity contribution in [1.29, 1.82) is 0 Å². The Balaban J connectivity index is 1.46. The molecular formula is C17H18ClN3O3. The van der Waals surface area contributed by atoms with Crippen LogP contribution in [-0.2, 0) is 13.0 Å². The van der Waals surface area contributed by atoms with Gasteiger partial charge in [0.25, 0.3) is 0 Å². The smallest absolute Gasteiger partial charge is 0.315 e. The zero-order valence-electron chi connectivity index (χ0n) is 13.0. The van der Waals surface area contributed by atoms with Gasteiger partial charge in [-0.05, 0) is 36.2 Å². The van der Waals surface area contributed by atoms with Gasteiger partial charge in [0.1, 0.15) is 13.2 Å². The Hall–Kier alpha value is -2.47. The summed E-state index contributed by atoms with van der Waals surface area (Å²) in [5.41, 5.74) is 1.79. The quantitative estimate of drug-likeness (QED) is 0.871. The highest BCUT2D eigenvalue weighted by Gasteiger charge is 2.16. The second-order valence-electron chi connectivity index (χ2n) is 5.28. The van der Waals surface area contributed by atoms with Crippen molar-refractivity contribution in [1.82, 2.24) is 15.6 Å². The number of benzene rings is 1. The fourth-order valence-electron chi connectivity index (χ4n) is 2.36. The van der Waals surface area contributed by atoms with E-state index >= 15 is 0 Å². The maximum atomic E-state index is 11.8. The molecule has 0 unspecified atom stereocenters. The van der Waals surface area contributed by atoms with Crippen LogP contribution < -0.4 is 20.1 Å². The van der Waals surface area contributed by atoms with Crippen molar-refractivity contribution in [2.24, 2.45) is 0 Å². The van der Waals surface area contributed by atoms with Crippen LogP contribution >= 0.6 is 11.6 Å². The topological polar surface area (TPSA) is 72.5 Å². The van der Waals surface area contributed by atoms with Gasteiger partial charge in [-0.25, -0.2) is 4.79 Å². The summed E-state index contributed by atoms with van der Waals surface area (Å²) >= 11 is 6.19. The number of nitrogens with zero attached hydrogens (tertiary/aromatic N) is 1. The third-order valence-corrected chi connectivity index (χ3v) is 3.79. The van der Waals surface area contributed by atoms with Crippen molar-refractivity contribution in [3.05, 3.63) is 52.8 Å². The Morgan fingerprint density at radius 1 is 1.21 bits per heavy atom. The van der Waals surface area contributed by atoms with Crippen LogP contribution in [0.3, 0.4) is 0 Å². The van der Waals surface area contributed by atoms with Crippen LogP contribution in [0.25, 0.3) is 0 Å². The molecule has 2 aromatic rings. The molecule has 0 radical (unpaired) electrons. The molecule has 2 heterocycles. The van der Waals surface area contributed by atoms with Crippen molar-refractivity contribution in [3.8, 4) is 11.5 Å². The van der Waals surface area contributed by atoms with E-state index in [-0.39, 0.29) is 6.03 Å². The van der Waals surface area contributed by atoms with Crippen LogP contribution in [-0.4, -0.2) is 30.8 Å². The van der Waals surface area contributed by atoms with E-state index in [4.69, 9.17) is 21.1 Å². The molecule has 0 atom stereocenters. The van der Waals surface area contributed by atoms with Crippen molar-refractivity contribution in [2.45, 2.75) is 13.0 Å².